The van der Waals surface area contributed by atoms with Crippen LogP contribution < -0.4 is 4.74 Å². The van der Waals surface area contributed by atoms with Crippen molar-refractivity contribution in [1.29, 1.82) is 0 Å². The van der Waals surface area contributed by atoms with E-state index in [1.807, 2.05) is 18.2 Å². The van der Waals surface area contributed by atoms with Crippen LogP contribution in [0.25, 0.3) is 0 Å². The van der Waals surface area contributed by atoms with Gasteiger partial charge in [0.25, 0.3) is 0 Å². The number of Topliss-reactive ketones (excluding diaryl/α,β-unsaturated/α-hetero) is 1. The Labute approximate surface area is 110 Å². The standard InChI is InChI=1S/C14H17BrO2/c1-17-14-7-6-10(8-12(14)15)9-13(16)11-4-2-3-5-11/h6-8,11H,2-5,9H2,1H3. The molecule has 0 amide bonds. The molecule has 1 aliphatic rings. The lowest BCUT2D eigenvalue weighted by Crippen LogP contribution is -2.13. The molecule has 0 unspecified atom stereocenters. The highest BCUT2D eigenvalue weighted by molar-refractivity contribution is 9.10. The third-order valence-electron chi connectivity index (χ3n) is 3.41. The molecule has 92 valence electrons. The van der Waals surface area contributed by atoms with Gasteiger partial charge in [0.15, 0.2) is 0 Å². The number of ketones is 1. The molecule has 3 heteroatoms. The molecule has 1 fully saturated rings. The summed E-state index contributed by atoms with van der Waals surface area (Å²) in [6.07, 6.45) is 5.13. The molecule has 0 aliphatic heterocycles. The Kier molecular flexibility index (Phi) is 4.21. The van der Waals surface area contributed by atoms with Crippen molar-refractivity contribution in [3.8, 4) is 5.75 Å². The van der Waals surface area contributed by atoms with Gasteiger partial charge in [0, 0.05) is 12.3 Å². The fourth-order valence-corrected chi connectivity index (χ4v) is 3.00. The number of ether oxygens (including phenoxy) is 1. The number of carbonyl (C=O) groups excluding carboxylic acids is 1. The summed E-state index contributed by atoms with van der Waals surface area (Å²) in [6.45, 7) is 0. The van der Waals surface area contributed by atoms with E-state index in [0.717, 1.165) is 28.6 Å². The summed E-state index contributed by atoms with van der Waals surface area (Å²) in [5.41, 5.74) is 1.06. The average molecular weight is 297 g/mol. The molecule has 0 saturated heterocycles. The number of benzene rings is 1. The zero-order valence-corrected chi connectivity index (χ0v) is 11.6. The van der Waals surface area contributed by atoms with E-state index in [9.17, 15) is 4.79 Å². The van der Waals surface area contributed by atoms with Gasteiger partial charge in [-0.1, -0.05) is 18.9 Å². The second-order valence-corrected chi connectivity index (χ2v) is 5.45. The van der Waals surface area contributed by atoms with Crippen molar-refractivity contribution in [2.24, 2.45) is 5.92 Å². The smallest absolute Gasteiger partial charge is 0.140 e. The van der Waals surface area contributed by atoms with Crippen molar-refractivity contribution < 1.29 is 9.53 Å². The maximum Gasteiger partial charge on any atom is 0.140 e. The Morgan fingerprint density at radius 2 is 2.12 bits per heavy atom. The van der Waals surface area contributed by atoms with Gasteiger partial charge < -0.3 is 4.74 Å². The fraction of sp³-hybridized carbons (Fsp3) is 0.500. The molecular formula is C14H17BrO2. The van der Waals surface area contributed by atoms with Crippen LogP contribution in [0, 0.1) is 5.92 Å². The van der Waals surface area contributed by atoms with Crippen LogP contribution in [0.15, 0.2) is 22.7 Å². The second kappa shape index (κ2) is 5.67. The molecule has 17 heavy (non-hydrogen) atoms. The van der Waals surface area contributed by atoms with Crippen molar-refractivity contribution >= 4 is 21.7 Å². The molecule has 1 aliphatic carbocycles. The van der Waals surface area contributed by atoms with Crippen LogP contribution in [0.1, 0.15) is 31.2 Å². The monoisotopic (exact) mass is 296 g/mol. The Bertz CT molecular complexity index is 409. The molecule has 0 N–H and O–H groups in total. The van der Waals surface area contributed by atoms with E-state index in [1.165, 1.54) is 12.8 Å². The fourth-order valence-electron chi connectivity index (χ4n) is 2.41. The van der Waals surface area contributed by atoms with Gasteiger partial charge in [-0.05, 0) is 46.5 Å². The van der Waals surface area contributed by atoms with E-state index in [4.69, 9.17) is 4.74 Å². The molecule has 2 nitrogen and oxygen atoms in total. The van der Waals surface area contributed by atoms with Gasteiger partial charge in [-0.25, -0.2) is 0 Å². The molecular weight excluding hydrogens is 280 g/mol. The number of rotatable bonds is 4. The molecule has 0 atom stereocenters. The Balaban J connectivity index is 2.03. The number of carbonyl (C=O) groups is 1. The summed E-state index contributed by atoms with van der Waals surface area (Å²) in [7, 11) is 1.64. The summed E-state index contributed by atoms with van der Waals surface area (Å²) in [6, 6.07) is 5.85. The zero-order chi connectivity index (χ0) is 12.3. The lowest BCUT2D eigenvalue weighted by atomic mass is 9.97. The summed E-state index contributed by atoms with van der Waals surface area (Å²) < 4.78 is 6.09. The first kappa shape index (κ1) is 12.6. The molecule has 1 aromatic carbocycles. The van der Waals surface area contributed by atoms with E-state index in [0.29, 0.717) is 18.1 Å². The highest BCUT2D eigenvalue weighted by Crippen LogP contribution is 2.29. The third-order valence-corrected chi connectivity index (χ3v) is 4.02. The normalized spacial score (nSPS) is 16.1. The van der Waals surface area contributed by atoms with Crippen molar-refractivity contribution in [3.05, 3.63) is 28.2 Å². The SMILES string of the molecule is COc1ccc(CC(=O)C2CCCC2)cc1Br. The van der Waals surface area contributed by atoms with Crippen molar-refractivity contribution in [3.63, 3.8) is 0 Å². The number of halogens is 1. The lowest BCUT2D eigenvalue weighted by molar-refractivity contribution is -0.122. The molecule has 1 aromatic rings. The minimum absolute atomic E-state index is 0.302. The van der Waals surface area contributed by atoms with Crippen LogP contribution in [-0.4, -0.2) is 12.9 Å². The van der Waals surface area contributed by atoms with Gasteiger partial charge >= 0.3 is 0 Å². The minimum Gasteiger partial charge on any atom is -0.496 e. The Morgan fingerprint density at radius 1 is 1.41 bits per heavy atom. The van der Waals surface area contributed by atoms with E-state index >= 15 is 0 Å². The van der Waals surface area contributed by atoms with Gasteiger partial charge in [-0.2, -0.15) is 0 Å². The summed E-state index contributed by atoms with van der Waals surface area (Å²) in [4.78, 5) is 12.0. The van der Waals surface area contributed by atoms with Crippen molar-refractivity contribution in [1.82, 2.24) is 0 Å². The first-order valence-corrected chi connectivity index (χ1v) is 6.85. The highest BCUT2D eigenvalue weighted by atomic mass is 79.9. The van der Waals surface area contributed by atoms with Crippen LogP contribution >= 0.6 is 15.9 Å². The molecule has 1 saturated carbocycles. The minimum atomic E-state index is 0.302. The van der Waals surface area contributed by atoms with Gasteiger partial charge in [-0.15, -0.1) is 0 Å². The summed E-state index contributed by atoms with van der Waals surface area (Å²) >= 11 is 3.44. The molecule has 0 radical (unpaired) electrons. The lowest BCUT2D eigenvalue weighted by Gasteiger charge is -2.09. The summed E-state index contributed by atoms with van der Waals surface area (Å²) in [5.74, 6) is 1.50. The number of hydrogen-bond donors (Lipinski definition) is 0. The van der Waals surface area contributed by atoms with Gasteiger partial charge in [0.05, 0.1) is 11.6 Å². The first-order chi connectivity index (χ1) is 8.20. The number of methoxy groups -OCH3 is 1. The molecule has 0 aromatic heterocycles. The highest BCUT2D eigenvalue weighted by Gasteiger charge is 2.22. The maximum atomic E-state index is 12.0. The van der Waals surface area contributed by atoms with E-state index in [1.54, 1.807) is 7.11 Å². The summed E-state index contributed by atoms with van der Waals surface area (Å²) in [5, 5.41) is 0. The van der Waals surface area contributed by atoms with Crippen molar-refractivity contribution in [2.45, 2.75) is 32.1 Å². The molecule has 0 bridgehead atoms. The quantitative estimate of drug-likeness (QED) is 0.846. The molecule has 0 spiro atoms. The third kappa shape index (κ3) is 3.09. The Hall–Kier alpha value is -0.830. The van der Waals surface area contributed by atoms with Crippen LogP contribution in [0.4, 0.5) is 0 Å². The topological polar surface area (TPSA) is 26.3 Å². The number of hydrogen-bond acceptors (Lipinski definition) is 2. The van der Waals surface area contributed by atoms with E-state index < -0.39 is 0 Å². The first-order valence-electron chi connectivity index (χ1n) is 6.06. The molecule has 2 rings (SSSR count). The second-order valence-electron chi connectivity index (χ2n) is 4.59. The predicted molar refractivity (Wildman–Crippen MR) is 71.4 cm³/mol. The average Bonchev–Trinajstić information content (AvgIpc) is 2.82. The van der Waals surface area contributed by atoms with Crippen LogP contribution in [0.2, 0.25) is 0 Å². The van der Waals surface area contributed by atoms with E-state index in [-0.39, 0.29) is 0 Å². The van der Waals surface area contributed by atoms with Crippen LogP contribution in [0.3, 0.4) is 0 Å². The van der Waals surface area contributed by atoms with Gasteiger partial charge in [0.1, 0.15) is 11.5 Å². The van der Waals surface area contributed by atoms with Crippen LogP contribution in [0.5, 0.6) is 5.75 Å². The van der Waals surface area contributed by atoms with Gasteiger partial charge in [0.2, 0.25) is 0 Å². The van der Waals surface area contributed by atoms with Crippen LogP contribution in [-0.2, 0) is 11.2 Å². The largest absolute Gasteiger partial charge is 0.496 e. The van der Waals surface area contributed by atoms with Gasteiger partial charge in [-0.3, -0.25) is 4.79 Å². The predicted octanol–water partition coefficient (Wildman–Crippen LogP) is 3.76. The Morgan fingerprint density at radius 3 is 2.71 bits per heavy atom. The van der Waals surface area contributed by atoms with Crippen molar-refractivity contribution in [2.75, 3.05) is 7.11 Å². The molecule has 0 heterocycles. The maximum absolute atomic E-state index is 12.0. The zero-order valence-electron chi connectivity index (χ0n) is 10.0. The van der Waals surface area contributed by atoms with E-state index in [2.05, 4.69) is 15.9 Å².